The van der Waals surface area contributed by atoms with Gasteiger partial charge in [0.1, 0.15) is 17.8 Å². The van der Waals surface area contributed by atoms with Crippen LogP contribution in [0.1, 0.15) is 26.5 Å². The molecule has 96 valence electrons. The van der Waals surface area contributed by atoms with Gasteiger partial charge in [-0.15, -0.1) is 0 Å². The fourth-order valence-electron chi connectivity index (χ4n) is 1.70. The van der Waals surface area contributed by atoms with Crippen LogP contribution in [0.4, 0.5) is 5.69 Å². The highest BCUT2D eigenvalue weighted by atomic mass is 16.2. The molecule has 0 aromatic carbocycles. The third-order valence-electron chi connectivity index (χ3n) is 2.70. The number of rotatable bonds is 5. The molecule has 1 unspecified atom stereocenters. The molecule has 1 rings (SSSR count). The number of hydrogen-bond acceptors (Lipinski definition) is 4. The lowest BCUT2D eigenvalue weighted by Gasteiger charge is -2.24. The molecule has 0 aliphatic rings. The van der Waals surface area contributed by atoms with Crippen LogP contribution in [0.2, 0.25) is 0 Å². The predicted octanol–water partition coefficient (Wildman–Crippen LogP) is 1.62. The first-order chi connectivity index (χ1) is 8.62. The molecule has 0 aliphatic heterocycles. The van der Waals surface area contributed by atoms with Crippen molar-refractivity contribution >= 4 is 11.6 Å². The highest BCUT2D eigenvalue weighted by Crippen LogP contribution is 2.10. The number of nitrogens with zero attached hydrogens (tertiary/aromatic N) is 3. The zero-order chi connectivity index (χ0) is 13.5. The Morgan fingerprint density at radius 2 is 2.22 bits per heavy atom. The third kappa shape index (κ3) is 3.45. The largest absolute Gasteiger partial charge is 0.374 e. The summed E-state index contributed by atoms with van der Waals surface area (Å²) in [7, 11) is 0. The highest BCUT2D eigenvalue weighted by molar-refractivity contribution is 5.84. The van der Waals surface area contributed by atoms with Crippen molar-refractivity contribution < 1.29 is 4.79 Å². The van der Waals surface area contributed by atoms with Crippen molar-refractivity contribution in [1.82, 2.24) is 9.88 Å². The van der Waals surface area contributed by atoms with Gasteiger partial charge in [0.2, 0.25) is 5.91 Å². The van der Waals surface area contributed by atoms with Crippen molar-refractivity contribution in [1.29, 1.82) is 5.26 Å². The summed E-state index contributed by atoms with van der Waals surface area (Å²) >= 11 is 0. The quantitative estimate of drug-likeness (QED) is 0.857. The number of carbonyl (C=O) groups is 1. The Labute approximate surface area is 107 Å². The van der Waals surface area contributed by atoms with Crippen LogP contribution in [0.25, 0.3) is 0 Å². The van der Waals surface area contributed by atoms with Gasteiger partial charge in [0, 0.05) is 25.0 Å². The molecule has 0 bridgehead atoms. The molecule has 1 atom stereocenters. The van der Waals surface area contributed by atoms with E-state index in [-0.39, 0.29) is 11.9 Å². The first-order valence-corrected chi connectivity index (χ1v) is 6.03. The first kappa shape index (κ1) is 14.0. The average Bonchev–Trinajstić information content (AvgIpc) is 2.40. The Morgan fingerprint density at radius 1 is 1.56 bits per heavy atom. The van der Waals surface area contributed by atoms with E-state index in [0.29, 0.717) is 18.8 Å². The summed E-state index contributed by atoms with van der Waals surface area (Å²) in [5.74, 6) is 0.0512. The maximum atomic E-state index is 12.0. The molecule has 0 saturated heterocycles. The zero-order valence-electron chi connectivity index (χ0n) is 11.0. The predicted molar refractivity (Wildman–Crippen MR) is 70.0 cm³/mol. The van der Waals surface area contributed by atoms with Gasteiger partial charge in [-0.25, -0.2) is 4.98 Å². The monoisotopic (exact) mass is 246 g/mol. The summed E-state index contributed by atoms with van der Waals surface area (Å²) in [5, 5.41) is 11.8. The highest BCUT2D eigenvalue weighted by Gasteiger charge is 2.17. The summed E-state index contributed by atoms with van der Waals surface area (Å²) in [6.07, 6.45) is 1.55. The Bertz CT molecular complexity index is 449. The first-order valence-electron chi connectivity index (χ1n) is 6.03. The normalized spacial score (nSPS) is 11.4. The van der Waals surface area contributed by atoms with Crippen molar-refractivity contribution in [2.75, 3.05) is 18.4 Å². The van der Waals surface area contributed by atoms with Crippen LogP contribution in [-0.4, -0.2) is 34.9 Å². The average molecular weight is 246 g/mol. The number of amides is 1. The van der Waals surface area contributed by atoms with E-state index in [1.54, 1.807) is 23.2 Å². The summed E-state index contributed by atoms with van der Waals surface area (Å²) in [5.41, 5.74) is 1.07. The SMILES string of the molecule is CCN(CC)C(=O)C(C)Nc1ccnc(C#N)c1. The van der Waals surface area contributed by atoms with Gasteiger partial charge in [0.25, 0.3) is 0 Å². The number of nitrogens with one attached hydrogen (secondary N) is 1. The molecule has 5 nitrogen and oxygen atoms in total. The summed E-state index contributed by atoms with van der Waals surface area (Å²) in [6, 6.07) is 5.02. The fraction of sp³-hybridized carbons (Fsp3) is 0.462. The Balaban J connectivity index is 2.72. The maximum Gasteiger partial charge on any atom is 0.244 e. The minimum atomic E-state index is -0.321. The maximum absolute atomic E-state index is 12.0. The molecular weight excluding hydrogens is 228 g/mol. The van der Waals surface area contributed by atoms with E-state index >= 15 is 0 Å². The molecule has 0 saturated carbocycles. The smallest absolute Gasteiger partial charge is 0.244 e. The van der Waals surface area contributed by atoms with Crippen molar-refractivity contribution in [3.8, 4) is 6.07 Å². The second-order valence-electron chi connectivity index (χ2n) is 3.92. The molecule has 1 aromatic heterocycles. The molecule has 18 heavy (non-hydrogen) atoms. The minimum Gasteiger partial charge on any atom is -0.374 e. The number of likely N-dealkylation sites (N-methyl/N-ethyl adjacent to an activating group) is 1. The molecule has 1 N–H and O–H groups in total. The van der Waals surface area contributed by atoms with E-state index in [1.165, 1.54) is 0 Å². The third-order valence-corrected chi connectivity index (χ3v) is 2.70. The Kier molecular flexibility index (Phi) is 5.12. The Morgan fingerprint density at radius 3 is 2.78 bits per heavy atom. The number of carbonyl (C=O) groups excluding carboxylic acids is 1. The number of nitriles is 1. The van der Waals surface area contributed by atoms with Crippen molar-refractivity contribution in [2.45, 2.75) is 26.8 Å². The second-order valence-corrected chi connectivity index (χ2v) is 3.92. The van der Waals surface area contributed by atoms with Crippen LogP contribution < -0.4 is 5.32 Å². The van der Waals surface area contributed by atoms with Crippen LogP contribution in [0.3, 0.4) is 0 Å². The van der Waals surface area contributed by atoms with E-state index in [4.69, 9.17) is 5.26 Å². The molecule has 0 aliphatic carbocycles. The van der Waals surface area contributed by atoms with E-state index in [2.05, 4.69) is 10.3 Å². The number of hydrogen-bond donors (Lipinski definition) is 1. The van der Waals surface area contributed by atoms with Crippen molar-refractivity contribution in [3.05, 3.63) is 24.0 Å². The number of aromatic nitrogens is 1. The minimum absolute atomic E-state index is 0.0512. The van der Waals surface area contributed by atoms with Crippen LogP contribution in [-0.2, 0) is 4.79 Å². The van der Waals surface area contributed by atoms with E-state index in [1.807, 2.05) is 26.8 Å². The number of pyridine rings is 1. The van der Waals surface area contributed by atoms with E-state index in [9.17, 15) is 4.79 Å². The van der Waals surface area contributed by atoms with Gasteiger partial charge in [0.05, 0.1) is 0 Å². The second kappa shape index (κ2) is 6.60. The molecular formula is C13H18N4O. The van der Waals surface area contributed by atoms with Crippen molar-refractivity contribution in [2.24, 2.45) is 0 Å². The lowest BCUT2D eigenvalue weighted by molar-refractivity contribution is -0.131. The molecule has 0 spiro atoms. The van der Waals surface area contributed by atoms with Gasteiger partial charge >= 0.3 is 0 Å². The van der Waals surface area contributed by atoms with Crippen LogP contribution >= 0.6 is 0 Å². The lowest BCUT2D eigenvalue weighted by Crippen LogP contribution is -2.41. The molecule has 1 aromatic rings. The molecule has 0 radical (unpaired) electrons. The Hall–Kier alpha value is -2.09. The summed E-state index contributed by atoms with van der Waals surface area (Å²) in [6.45, 7) is 7.11. The van der Waals surface area contributed by atoms with Gasteiger partial charge in [-0.1, -0.05) is 0 Å². The van der Waals surface area contributed by atoms with Gasteiger partial charge in [0.15, 0.2) is 0 Å². The molecule has 1 heterocycles. The summed E-state index contributed by atoms with van der Waals surface area (Å²) in [4.78, 5) is 17.7. The molecule has 5 heteroatoms. The topological polar surface area (TPSA) is 69.0 Å². The van der Waals surface area contributed by atoms with Crippen molar-refractivity contribution in [3.63, 3.8) is 0 Å². The summed E-state index contributed by atoms with van der Waals surface area (Å²) < 4.78 is 0. The van der Waals surface area contributed by atoms with Gasteiger partial charge < -0.3 is 10.2 Å². The van der Waals surface area contributed by atoms with Gasteiger partial charge in [-0.3, -0.25) is 4.79 Å². The molecule has 1 amide bonds. The van der Waals surface area contributed by atoms with Crippen LogP contribution in [0.5, 0.6) is 0 Å². The van der Waals surface area contributed by atoms with Gasteiger partial charge in [-0.05, 0) is 32.9 Å². The standard InChI is InChI=1S/C13H18N4O/c1-4-17(5-2)13(18)10(3)16-11-6-7-15-12(8-11)9-14/h6-8,10H,4-5H2,1-3H3,(H,15,16). The van der Waals surface area contributed by atoms with Crippen LogP contribution in [0, 0.1) is 11.3 Å². The molecule has 0 fully saturated rings. The zero-order valence-corrected chi connectivity index (χ0v) is 11.0. The van der Waals surface area contributed by atoms with Crippen LogP contribution in [0.15, 0.2) is 18.3 Å². The van der Waals surface area contributed by atoms with Gasteiger partial charge in [-0.2, -0.15) is 5.26 Å². The lowest BCUT2D eigenvalue weighted by atomic mass is 10.2. The van der Waals surface area contributed by atoms with E-state index < -0.39 is 0 Å². The van der Waals surface area contributed by atoms with E-state index in [0.717, 1.165) is 5.69 Å². The fourth-order valence-corrected chi connectivity index (χ4v) is 1.70. The number of anilines is 1.